The maximum atomic E-state index is 12.0. The second-order valence-corrected chi connectivity index (χ2v) is 5.31. The Labute approximate surface area is 148 Å². The lowest BCUT2D eigenvalue weighted by Crippen LogP contribution is -2.23. The van der Waals surface area contributed by atoms with Crippen LogP contribution < -0.4 is 19.5 Å². The molecule has 132 valence electrons. The van der Waals surface area contributed by atoms with Gasteiger partial charge in [0.2, 0.25) is 5.91 Å². The number of benzene rings is 2. The quantitative estimate of drug-likeness (QED) is 0.750. The number of nitrogens with one attached hydrogen (secondary N) is 1. The van der Waals surface area contributed by atoms with Gasteiger partial charge in [0, 0.05) is 24.3 Å². The number of rotatable bonds is 8. The Morgan fingerprint density at radius 2 is 1.60 bits per heavy atom. The van der Waals surface area contributed by atoms with Gasteiger partial charge in [0.05, 0.1) is 21.3 Å². The molecule has 0 radical (unpaired) electrons. The van der Waals surface area contributed by atoms with Crippen LogP contribution in [0.15, 0.2) is 48.5 Å². The molecule has 5 nitrogen and oxygen atoms in total. The number of ether oxygens (including phenoxy) is 3. The van der Waals surface area contributed by atoms with Crippen molar-refractivity contribution >= 4 is 12.0 Å². The lowest BCUT2D eigenvalue weighted by Gasteiger charge is -2.12. The van der Waals surface area contributed by atoms with Gasteiger partial charge in [0.15, 0.2) is 11.5 Å². The molecule has 0 bridgehead atoms. The molecule has 2 aromatic carbocycles. The minimum Gasteiger partial charge on any atom is -0.496 e. The van der Waals surface area contributed by atoms with Gasteiger partial charge in [-0.15, -0.1) is 0 Å². The first kappa shape index (κ1) is 18.4. The van der Waals surface area contributed by atoms with Crippen molar-refractivity contribution in [2.24, 2.45) is 0 Å². The fraction of sp³-hybridized carbons (Fsp3) is 0.250. The van der Waals surface area contributed by atoms with Crippen LogP contribution in [-0.4, -0.2) is 33.8 Å². The van der Waals surface area contributed by atoms with Gasteiger partial charge in [0.1, 0.15) is 5.75 Å². The normalized spacial score (nSPS) is 10.5. The third-order valence-electron chi connectivity index (χ3n) is 3.71. The van der Waals surface area contributed by atoms with E-state index in [-0.39, 0.29) is 5.91 Å². The minimum atomic E-state index is -0.159. The number of methoxy groups -OCH3 is 3. The Bertz CT molecular complexity index is 726. The predicted molar refractivity (Wildman–Crippen MR) is 98.3 cm³/mol. The summed E-state index contributed by atoms with van der Waals surface area (Å²) in [6, 6.07) is 13.5. The van der Waals surface area contributed by atoms with Gasteiger partial charge in [-0.25, -0.2) is 0 Å². The molecule has 25 heavy (non-hydrogen) atoms. The van der Waals surface area contributed by atoms with Crippen molar-refractivity contribution < 1.29 is 19.0 Å². The van der Waals surface area contributed by atoms with Crippen LogP contribution in [0.5, 0.6) is 17.2 Å². The van der Waals surface area contributed by atoms with Gasteiger partial charge >= 0.3 is 0 Å². The van der Waals surface area contributed by atoms with Gasteiger partial charge < -0.3 is 19.5 Å². The molecular formula is C20H23NO4. The molecule has 0 spiro atoms. The Balaban J connectivity index is 1.99. The van der Waals surface area contributed by atoms with Gasteiger partial charge in [-0.3, -0.25) is 4.79 Å². The fourth-order valence-electron chi connectivity index (χ4n) is 2.38. The van der Waals surface area contributed by atoms with E-state index in [1.807, 2.05) is 30.3 Å². The van der Waals surface area contributed by atoms with E-state index in [2.05, 4.69) is 5.32 Å². The first-order valence-corrected chi connectivity index (χ1v) is 7.97. The fourth-order valence-corrected chi connectivity index (χ4v) is 2.38. The van der Waals surface area contributed by atoms with Crippen molar-refractivity contribution in [1.82, 2.24) is 5.32 Å². The average Bonchev–Trinajstić information content (AvgIpc) is 2.66. The number of amides is 1. The van der Waals surface area contributed by atoms with Crippen LogP contribution in [0, 0.1) is 0 Å². The molecule has 0 fully saturated rings. The molecule has 5 heteroatoms. The summed E-state index contributed by atoms with van der Waals surface area (Å²) in [6.07, 6.45) is 3.97. The lowest BCUT2D eigenvalue weighted by atomic mass is 10.1. The first-order valence-electron chi connectivity index (χ1n) is 7.97. The summed E-state index contributed by atoms with van der Waals surface area (Å²) >= 11 is 0. The largest absolute Gasteiger partial charge is 0.496 e. The van der Waals surface area contributed by atoms with Crippen LogP contribution >= 0.6 is 0 Å². The molecule has 1 amide bonds. The van der Waals surface area contributed by atoms with Crippen LogP contribution in [0.4, 0.5) is 0 Å². The van der Waals surface area contributed by atoms with Gasteiger partial charge in [0.25, 0.3) is 0 Å². The highest BCUT2D eigenvalue weighted by Gasteiger charge is 2.10. The second-order valence-electron chi connectivity index (χ2n) is 5.31. The molecule has 0 aliphatic carbocycles. The Kier molecular flexibility index (Phi) is 6.89. The molecule has 0 aromatic heterocycles. The first-order chi connectivity index (χ1) is 12.2. The zero-order valence-electron chi connectivity index (χ0n) is 14.7. The molecule has 0 heterocycles. The third-order valence-corrected chi connectivity index (χ3v) is 3.71. The third kappa shape index (κ3) is 5.28. The van der Waals surface area contributed by atoms with Gasteiger partial charge in [-0.1, -0.05) is 30.3 Å². The number of hydrogen-bond acceptors (Lipinski definition) is 4. The Hall–Kier alpha value is -2.95. The summed E-state index contributed by atoms with van der Waals surface area (Å²) in [6.45, 7) is 0.580. The molecular weight excluding hydrogens is 318 g/mol. The maximum Gasteiger partial charge on any atom is 0.244 e. The number of hydrogen-bond donors (Lipinski definition) is 1. The smallest absolute Gasteiger partial charge is 0.244 e. The van der Waals surface area contributed by atoms with Crippen molar-refractivity contribution in [1.29, 1.82) is 0 Å². The number of carbonyl (C=O) groups is 1. The topological polar surface area (TPSA) is 56.8 Å². The lowest BCUT2D eigenvalue weighted by molar-refractivity contribution is -0.116. The monoisotopic (exact) mass is 341 g/mol. The second kappa shape index (κ2) is 9.37. The average molecular weight is 341 g/mol. The van der Waals surface area contributed by atoms with E-state index in [1.165, 1.54) is 11.6 Å². The molecule has 0 saturated carbocycles. The summed E-state index contributed by atoms with van der Waals surface area (Å²) in [7, 11) is 4.69. The zero-order valence-corrected chi connectivity index (χ0v) is 14.7. The summed E-state index contributed by atoms with van der Waals surface area (Å²) in [5.74, 6) is 1.59. The summed E-state index contributed by atoms with van der Waals surface area (Å²) in [4.78, 5) is 12.0. The molecule has 2 aromatic rings. The molecule has 0 unspecified atom stereocenters. The van der Waals surface area contributed by atoms with E-state index in [1.54, 1.807) is 39.5 Å². The van der Waals surface area contributed by atoms with Crippen molar-refractivity contribution in [3.05, 3.63) is 59.7 Å². The van der Waals surface area contributed by atoms with Crippen LogP contribution in [0.3, 0.4) is 0 Å². The van der Waals surface area contributed by atoms with Crippen LogP contribution in [0.2, 0.25) is 0 Å². The highest BCUT2D eigenvalue weighted by atomic mass is 16.5. The molecule has 0 aliphatic heterocycles. The standard InChI is InChI=1S/C20H23NO4/c1-23-17-14-19(25-3)18(24-2)13-16(17)9-10-20(22)21-12-11-15-7-5-4-6-8-15/h4-10,13-14H,11-12H2,1-3H3,(H,21,22)/b10-9+. The van der Waals surface area contributed by atoms with Crippen LogP contribution in [-0.2, 0) is 11.2 Å². The summed E-state index contributed by atoms with van der Waals surface area (Å²) in [5, 5.41) is 2.87. The van der Waals surface area contributed by atoms with Crippen molar-refractivity contribution in [3.63, 3.8) is 0 Å². The van der Waals surface area contributed by atoms with E-state index < -0.39 is 0 Å². The van der Waals surface area contributed by atoms with Gasteiger partial charge in [-0.05, 0) is 24.1 Å². The summed E-state index contributed by atoms with van der Waals surface area (Å²) < 4.78 is 15.9. The van der Waals surface area contributed by atoms with Crippen LogP contribution in [0.1, 0.15) is 11.1 Å². The van der Waals surface area contributed by atoms with E-state index in [0.717, 1.165) is 12.0 Å². The van der Waals surface area contributed by atoms with Crippen molar-refractivity contribution in [3.8, 4) is 17.2 Å². The highest BCUT2D eigenvalue weighted by molar-refractivity contribution is 5.92. The summed E-state index contributed by atoms with van der Waals surface area (Å²) in [5.41, 5.74) is 1.92. The highest BCUT2D eigenvalue weighted by Crippen LogP contribution is 2.35. The zero-order chi connectivity index (χ0) is 18.1. The number of carbonyl (C=O) groups excluding carboxylic acids is 1. The van der Waals surface area contributed by atoms with Crippen LogP contribution in [0.25, 0.3) is 6.08 Å². The molecule has 2 rings (SSSR count). The van der Waals surface area contributed by atoms with E-state index >= 15 is 0 Å². The van der Waals surface area contributed by atoms with E-state index in [4.69, 9.17) is 14.2 Å². The van der Waals surface area contributed by atoms with Gasteiger partial charge in [-0.2, -0.15) is 0 Å². The Morgan fingerprint density at radius 3 is 2.24 bits per heavy atom. The predicted octanol–water partition coefficient (Wildman–Crippen LogP) is 3.08. The van der Waals surface area contributed by atoms with E-state index in [0.29, 0.717) is 23.8 Å². The molecule has 0 saturated heterocycles. The molecule has 1 N–H and O–H groups in total. The van der Waals surface area contributed by atoms with Crippen molar-refractivity contribution in [2.75, 3.05) is 27.9 Å². The minimum absolute atomic E-state index is 0.159. The van der Waals surface area contributed by atoms with E-state index in [9.17, 15) is 4.79 Å². The van der Waals surface area contributed by atoms with Crippen molar-refractivity contribution in [2.45, 2.75) is 6.42 Å². The SMILES string of the molecule is COc1cc(OC)c(OC)cc1/C=C/C(=O)NCCc1ccccc1. The Morgan fingerprint density at radius 1 is 0.960 bits per heavy atom. The molecule has 0 atom stereocenters. The maximum absolute atomic E-state index is 12.0. The molecule has 0 aliphatic rings.